The Morgan fingerprint density at radius 3 is 1.93 bits per heavy atom. The Bertz CT molecular complexity index is 194. The molecule has 0 N–H and O–H groups in total. The van der Waals surface area contributed by atoms with E-state index in [2.05, 4.69) is 4.74 Å². The van der Waals surface area contributed by atoms with Crippen LogP contribution in [-0.2, 0) is 19.1 Å². The summed E-state index contributed by atoms with van der Waals surface area (Å²) in [5.41, 5.74) is 0. The van der Waals surface area contributed by atoms with Gasteiger partial charge in [0, 0.05) is 0 Å². The molecule has 0 spiro atoms. The molecule has 0 aromatic rings. The van der Waals surface area contributed by atoms with E-state index in [9.17, 15) is 9.59 Å². The highest BCUT2D eigenvalue weighted by atomic mass is 35.5. The van der Waals surface area contributed by atoms with E-state index in [1.807, 2.05) is 13.8 Å². The van der Waals surface area contributed by atoms with Crippen LogP contribution in [0.1, 0.15) is 20.3 Å². The number of rotatable bonds is 6. The number of hydrogen-bond donors (Lipinski definition) is 0. The molecule has 0 aromatic heterocycles. The van der Waals surface area contributed by atoms with Gasteiger partial charge < -0.3 is 9.47 Å². The first-order valence-corrected chi connectivity index (χ1v) is 5.38. The largest absolute Gasteiger partial charge is 0.465 e. The molecule has 0 saturated heterocycles. The number of carbonyl (C=O) groups is 2. The molecular formula is C9H14Cl2O4. The summed E-state index contributed by atoms with van der Waals surface area (Å²) < 4.78 is 9.35. The Morgan fingerprint density at radius 1 is 1.07 bits per heavy atom. The Labute approximate surface area is 98.8 Å². The van der Waals surface area contributed by atoms with Crippen molar-refractivity contribution in [2.45, 2.75) is 25.1 Å². The van der Waals surface area contributed by atoms with Gasteiger partial charge in [-0.05, 0) is 5.92 Å². The van der Waals surface area contributed by atoms with E-state index < -0.39 is 23.2 Å². The zero-order valence-electron chi connectivity index (χ0n) is 8.66. The highest BCUT2D eigenvalue weighted by Crippen LogP contribution is 2.03. The van der Waals surface area contributed by atoms with Gasteiger partial charge in [-0.3, -0.25) is 9.59 Å². The molecule has 0 aliphatic carbocycles. The van der Waals surface area contributed by atoms with Crippen LogP contribution >= 0.6 is 23.2 Å². The smallest absolute Gasteiger partial charge is 0.317 e. The number of alkyl halides is 2. The van der Waals surface area contributed by atoms with Gasteiger partial charge >= 0.3 is 11.9 Å². The van der Waals surface area contributed by atoms with Crippen LogP contribution in [0.4, 0.5) is 0 Å². The van der Waals surface area contributed by atoms with Crippen LogP contribution in [0, 0.1) is 5.92 Å². The lowest BCUT2D eigenvalue weighted by molar-refractivity contribution is -0.154. The molecule has 15 heavy (non-hydrogen) atoms. The molecule has 0 bridgehead atoms. The fraction of sp³-hybridized carbons (Fsp3) is 0.778. The zero-order chi connectivity index (χ0) is 11.8. The van der Waals surface area contributed by atoms with Crippen molar-refractivity contribution >= 4 is 35.1 Å². The Morgan fingerprint density at radius 2 is 1.53 bits per heavy atom. The van der Waals surface area contributed by atoms with E-state index in [1.165, 1.54) is 0 Å². The van der Waals surface area contributed by atoms with E-state index in [0.717, 1.165) is 0 Å². The van der Waals surface area contributed by atoms with Crippen LogP contribution in [0.15, 0.2) is 0 Å². The highest BCUT2D eigenvalue weighted by molar-refractivity contribution is 6.44. The van der Waals surface area contributed by atoms with Crippen LogP contribution < -0.4 is 0 Å². The molecule has 0 radical (unpaired) electrons. The number of hydrogen-bond acceptors (Lipinski definition) is 4. The zero-order valence-corrected chi connectivity index (χ0v) is 10.2. The predicted octanol–water partition coefficient (Wildman–Crippen LogP) is 1.92. The van der Waals surface area contributed by atoms with Crippen LogP contribution in [0.5, 0.6) is 0 Å². The number of carbonyl (C=O) groups excluding carboxylic acids is 2. The summed E-state index contributed by atoms with van der Waals surface area (Å²) in [7, 11) is 0. The van der Waals surface area contributed by atoms with E-state index in [1.54, 1.807) is 0 Å². The number of halogens is 2. The van der Waals surface area contributed by atoms with Gasteiger partial charge in [0.1, 0.15) is 17.9 Å². The van der Waals surface area contributed by atoms with Gasteiger partial charge in [0.2, 0.25) is 0 Å². The molecule has 4 nitrogen and oxygen atoms in total. The van der Waals surface area contributed by atoms with Crippen molar-refractivity contribution in [2.75, 3.05) is 13.2 Å². The molecule has 0 unspecified atom stereocenters. The van der Waals surface area contributed by atoms with Gasteiger partial charge in [-0.15, -0.1) is 23.2 Å². The average Bonchev–Trinajstić information content (AvgIpc) is 2.11. The van der Waals surface area contributed by atoms with Gasteiger partial charge in [0.15, 0.2) is 0 Å². The lowest BCUT2D eigenvalue weighted by Crippen LogP contribution is -2.17. The lowest BCUT2D eigenvalue weighted by atomic mass is 10.2. The standard InChI is InChI=1S/C9H14Cl2O4/c1-6(2)4-14-8(12)3-9(13)15-5-7(10)11/h6-7H,3-5H2,1-2H3. The van der Waals surface area contributed by atoms with Crippen molar-refractivity contribution in [2.24, 2.45) is 5.92 Å². The second kappa shape index (κ2) is 7.77. The molecule has 0 aliphatic rings. The molecule has 0 fully saturated rings. The van der Waals surface area contributed by atoms with Crippen LogP contribution in [-0.4, -0.2) is 30.0 Å². The van der Waals surface area contributed by atoms with Gasteiger partial charge in [-0.2, -0.15) is 0 Å². The lowest BCUT2D eigenvalue weighted by Gasteiger charge is -2.07. The third-order valence-corrected chi connectivity index (χ3v) is 1.49. The molecule has 0 amide bonds. The maximum atomic E-state index is 11.0. The van der Waals surface area contributed by atoms with Crippen LogP contribution in [0.3, 0.4) is 0 Å². The first-order chi connectivity index (χ1) is 6.91. The van der Waals surface area contributed by atoms with Crippen molar-refractivity contribution in [1.82, 2.24) is 0 Å². The minimum atomic E-state index is -0.777. The van der Waals surface area contributed by atoms with Crippen molar-refractivity contribution in [3.8, 4) is 0 Å². The SMILES string of the molecule is CC(C)COC(=O)CC(=O)OCC(Cl)Cl. The number of ether oxygens (including phenoxy) is 2. The first kappa shape index (κ1) is 14.5. The molecule has 0 aromatic carbocycles. The quantitative estimate of drug-likeness (QED) is 0.414. The second-order valence-electron chi connectivity index (χ2n) is 3.33. The van der Waals surface area contributed by atoms with Crippen molar-refractivity contribution in [1.29, 1.82) is 0 Å². The molecule has 6 heteroatoms. The molecular weight excluding hydrogens is 243 g/mol. The van der Waals surface area contributed by atoms with E-state index >= 15 is 0 Å². The summed E-state index contributed by atoms with van der Waals surface area (Å²) in [4.78, 5) is 21.2. The molecule has 0 heterocycles. The van der Waals surface area contributed by atoms with Crippen molar-refractivity contribution < 1.29 is 19.1 Å². The van der Waals surface area contributed by atoms with Crippen molar-refractivity contribution in [3.63, 3.8) is 0 Å². The third-order valence-electron chi connectivity index (χ3n) is 1.24. The highest BCUT2D eigenvalue weighted by Gasteiger charge is 2.13. The van der Waals surface area contributed by atoms with E-state index in [-0.39, 0.29) is 12.5 Å². The van der Waals surface area contributed by atoms with Gasteiger partial charge in [0.05, 0.1) is 6.61 Å². The van der Waals surface area contributed by atoms with Gasteiger partial charge in [0.25, 0.3) is 0 Å². The summed E-state index contributed by atoms with van der Waals surface area (Å²) >= 11 is 10.7. The third kappa shape index (κ3) is 9.82. The van der Waals surface area contributed by atoms with Crippen LogP contribution in [0.2, 0.25) is 0 Å². The fourth-order valence-corrected chi connectivity index (χ4v) is 0.761. The molecule has 0 atom stereocenters. The minimum absolute atomic E-state index is 0.126. The Hall–Kier alpha value is -0.480. The summed E-state index contributed by atoms with van der Waals surface area (Å²) in [6, 6.07) is 0. The maximum Gasteiger partial charge on any atom is 0.317 e. The average molecular weight is 257 g/mol. The van der Waals surface area contributed by atoms with E-state index in [4.69, 9.17) is 27.9 Å². The molecule has 0 saturated carbocycles. The normalized spacial score (nSPS) is 10.5. The van der Waals surface area contributed by atoms with Gasteiger partial charge in [-0.1, -0.05) is 13.8 Å². The monoisotopic (exact) mass is 256 g/mol. The van der Waals surface area contributed by atoms with Crippen LogP contribution in [0.25, 0.3) is 0 Å². The van der Waals surface area contributed by atoms with E-state index in [0.29, 0.717) is 6.61 Å². The summed E-state index contributed by atoms with van der Waals surface area (Å²) in [5.74, 6) is -1.05. The Balaban J connectivity index is 3.63. The Kier molecular flexibility index (Phi) is 7.52. The molecule has 0 rings (SSSR count). The molecule has 0 aliphatic heterocycles. The molecule has 88 valence electrons. The van der Waals surface area contributed by atoms with Gasteiger partial charge in [-0.25, -0.2) is 0 Å². The topological polar surface area (TPSA) is 52.6 Å². The minimum Gasteiger partial charge on any atom is -0.465 e. The van der Waals surface area contributed by atoms with Crippen molar-refractivity contribution in [3.05, 3.63) is 0 Å². The number of esters is 2. The second-order valence-corrected chi connectivity index (χ2v) is 4.60. The summed E-state index contributed by atoms with van der Waals surface area (Å²) in [5, 5.41) is 0. The first-order valence-electron chi connectivity index (χ1n) is 4.51. The maximum absolute atomic E-state index is 11.0. The summed E-state index contributed by atoms with van der Waals surface area (Å²) in [6.45, 7) is 3.97. The predicted molar refractivity (Wildman–Crippen MR) is 56.9 cm³/mol. The fourth-order valence-electron chi connectivity index (χ4n) is 0.635. The summed E-state index contributed by atoms with van der Waals surface area (Å²) in [6.07, 6.45) is -0.410.